The van der Waals surface area contributed by atoms with Crippen LogP contribution in [0.1, 0.15) is 17.4 Å². The number of benzene rings is 3. The molecule has 0 saturated carbocycles. The molecule has 5 heteroatoms. The second-order valence-electron chi connectivity index (χ2n) is 6.77. The van der Waals surface area contributed by atoms with E-state index in [1.807, 2.05) is 92.0 Å². The van der Waals surface area contributed by atoms with E-state index in [0.29, 0.717) is 21.6 Å². The quantitative estimate of drug-likeness (QED) is 0.374. The Bertz CT molecular complexity index is 1170. The number of carbonyl (C=O) groups is 1. The van der Waals surface area contributed by atoms with Crippen LogP contribution >= 0.6 is 7.14 Å². The van der Waals surface area contributed by atoms with Crippen molar-refractivity contribution in [2.24, 2.45) is 7.05 Å². The van der Waals surface area contributed by atoms with E-state index in [4.69, 9.17) is 4.74 Å². The molecule has 0 amide bonds. The van der Waals surface area contributed by atoms with Crippen molar-refractivity contribution in [3.63, 3.8) is 0 Å². The number of hydrogen-bond donors (Lipinski definition) is 0. The average Bonchev–Trinajstić information content (AvgIpc) is 3.08. The molecule has 146 valence electrons. The Morgan fingerprint density at radius 2 is 1.38 bits per heavy atom. The lowest BCUT2D eigenvalue weighted by molar-refractivity contribution is 0.0517. The number of ether oxygens (including phenoxy) is 1. The summed E-state index contributed by atoms with van der Waals surface area (Å²) in [6, 6.07) is 26.4. The first-order chi connectivity index (χ1) is 14.1. The summed E-state index contributed by atoms with van der Waals surface area (Å²) in [6.45, 7) is 2.02. The highest BCUT2D eigenvalue weighted by atomic mass is 31.2. The number of para-hydroxylation sites is 1. The van der Waals surface area contributed by atoms with Crippen LogP contribution in [0.4, 0.5) is 0 Å². The molecule has 0 atom stereocenters. The fourth-order valence-electron chi connectivity index (χ4n) is 3.81. The number of fused-ring (bicyclic) bond motifs is 1. The number of aryl methyl sites for hydroxylation is 1. The topological polar surface area (TPSA) is 48.3 Å². The van der Waals surface area contributed by atoms with E-state index in [1.165, 1.54) is 0 Å². The molecular formula is C24H22NO3P. The average molecular weight is 403 g/mol. The third kappa shape index (κ3) is 3.10. The van der Waals surface area contributed by atoms with Gasteiger partial charge in [-0.2, -0.15) is 0 Å². The number of rotatable bonds is 5. The van der Waals surface area contributed by atoms with Crippen LogP contribution < -0.4 is 15.9 Å². The second kappa shape index (κ2) is 7.73. The zero-order valence-corrected chi connectivity index (χ0v) is 17.3. The molecule has 0 spiro atoms. The lowest BCUT2D eigenvalue weighted by atomic mass is 10.2. The summed E-state index contributed by atoms with van der Waals surface area (Å²) in [6.07, 6.45) is 0. The van der Waals surface area contributed by atoms with Gasteiger partial charge in [-0.1, -0.05) is 78.9 Å². The van der Waals surface area contributed by atoms with E-state index in [9.17, 15) is 9.36 Å². The Kier molecular flexibility index (Phi) is 5.12. The van der Waals surface area contributed by atoms with Gasteiger partial charge in [-0.15, -0.1) is 0 Å². The fraction of sp³-hybridized carbons (Fsp3) is 0.125. The van der Waals surface area contributed by atoms with Crippen LogP contribution in [0.25, 0.3) is 10.9 Å². The highest BCUT2D eigenvalue weighted by molar-refractivity contribution is 7.85. The van der Waals surface area contributed by atoms with Crippen molar-refractivity contribution >= 4 is 39.9 Å². The van der Waals surface area contributed by atoms with Crippen molar-refractivity contribution in [2.45, 2.75) is 6.92 Å². The smallest absolute Gasteiger partial charge is 0.355 e. The predicted octanol–water partition coefficient (Wildman–Crippen LogP) is 3.99. The first-order valence-corrected chi connectivity index (χ1v) is 11.3. The Morgan fingerprint density at radius 3 is 1.93 bits per heavy atom. The van der Waals surface area contributed by atoms with Gasteiger partial charge in [-0.05, 0) is 13.0 Å². The van der Waals surface area contributed by atoms with Crippen LogP contribution in [0.5, 0.6) is 0 Å². The minimum atomic E-state index is -3.34. The summed E-state index contributed by atoms with van der Waals surface area (Å²) in [5.74, 6) is -0.465. The summed E-state index contributed by atoms with van der Waals surface area (Å²) in [4.78, 5) is 13.0. The lowest BCUT2D eigenvalue weighted by Crippen LogP contribution is -2.29. The molecule has 4 nitrogen and oxygen atoms in total. The number of carbonyl (C=O) groups excluding carboxylic acids is 1. The van der Waals surface area contributed by atoms with Crippen LogP contribution in [-0.2, 0) is 16.3 Å². The van der Waals surface area contributed by atoms with E-state index >= 15 is 0 Å². The van der Waals surface area contributed by atoms with Crippen molar-refractivity contribution in [1.29, 1.82) is 0 Å². The molecule has 0 fully saturated rings. The molecule has 3 aromatic carbocycles. The number of nitrogens with zero attached hydrogens (tertiary/aromatic N) is 1. The van der Waals surface area contributed by atoms with Crippen molar-refractivity contribution in [3.8, 4) is 0 Å². The van der Waals surface area contributed by atoms with E-state index in [1.54, 1.807) is 11.5 Å². The van der Waals surface area contributed by atoms with Crippen LogP contribution in [-0.4, -0.2) is 17.1 Å². The van der Waals surface area contributed by atoms with Gasteiger partial charge in [0.25, 0.3) is 0 Å². The third-order valence-electron chi connectivity index (χ3n) is 5.10. The summed E-state index contributed by atoms with van der Waals surface area (Å²) in [5.41, 5.74) is 1.18. The molecule has 0 radical (unpaired) electrons. The largest absolute Gasteiger partial charge is 0.461 e. The predicted molar refractivity (Wildman–Crippen MR) is 118 cm³/mol. The number of esters is 1. The SMILES string of the molecule is CCOC(=O)c1c(P(=O)(c2ccccc2)c2ccccc2)c2ccccc2n1C. The van der Waals surface area contributed by atoms with Gasteiger partial charge in [0.1, 0.15) is 5.69 Å². The Hall–Kier alpha value is -3.10. The zero-order chi connectivity index (χ0) is 20.4. The van der Waals surface area contributed by atoms with Gasteiger partial charge in [0.15, 0.2) is 7.14 Å². The fourth-order valence-corrected chi connectivity index (χ4v) is 6.87. The first-order valence-electron chi connectivity index (χ1n) is 9.55. The van der Waals surface area contributed by atoms with E-state index in [0.717, 1.165) is 10.9 Å². The van der Waals surface area contributed by atoms with Gasteiger partial charge >= 0.3 is 5.97 Å². The molecule has 0 aliphatic heterocycles. The monoisotopic (exact) mass is 403 g/mol. The van der Waals surface area contributed by atoms with Crippen molar-refractivity contribution in [3.05, 3.63) is 90.6 Å². The van der Waals surface area contributed by atoms with Gasteiger partial charge in [0.2, 0.25) is 0 Å². The van der Waals surface area contributed by atoms with Crippen LogP contribution in [0.2, 0.25) is 0 Å². The second-order valence-corrected chi connectivity index (χ2v) is 9.47. The molecule has 0 bridgehead atoms. The van der Waals surface area contributed by atoms with Gasteiger partial charge in [0, 0.05) is 28.6 Å². The van der Waals surface area contributed by atoms with Crippen LogP contribution in [0.3, 0.4) is 0 Å². The van der Waals surface area contributed by atoms with Crippen molar-refractivity contribution < 1.29 is 14.1 Å². The maximum atomic E-state index is 15.0. The minimum absolute atomic E-state index is 0.251. The Balaban J connectivity index is 2.16. The standard InChI is InChI=1S/C24H22NO3P/c1-3-28-24(26)22-23(20-16-10-11-17-21(20)25(22)2)29(27,18-12-6-4-7-13-18)19-14-8-5-9-15-19/h4-17H,3H2,1-2H3. The highest BCUT2D eigenvalue weighted by Gasteiger charge is 2.38. The van der Waals surface area contributed by atoms with Gasteiger partial charge < -0.3 is 13.9 Å². The first kappa shape index (κ1) is 19.2. The molecule has 4 rings (SSSR count). The minimum Gasteiger partial charge on any atom is -0.461 e. The zero-order valence-electron chi connectivity index (χ0n) is 16.4. The maximum absolute atomic E-state index is 15.0. The molecule has 1 aromatic heterocycles. The molecule has 0 aliphatic carbocycles. The molecule has 0 saturated heterocycles. The molecule has 0 unspecified atom stereocenters. The number of hydrogen-bond acceptors (Lipinski definition) is 3. The van der Waals surface area contributed by atoms with Crippen LogP contribution in [0, 0.1) is 0 Å². The molecule has 29 heavy (non-hydrogen) atoms. The van der Waals surface area contributed by atoms with E-state index in [2.05, 4.69) is 0 Å². The Labute approximate surface area is 170 Å². The molecule has 0 N–H and O–H groups in total. The summed E-state index contributed by atoms with van der Waals surface area (Å²) < 4.78 is 22.1. The lowest BCUT2D eigenvalue weighted by Gasteiger charge is -2.21. The van der Waals surface area contributed by atoms with E-state index in [-0.39, 0.29) is 6.61 Å². The van der Waals surface area contributed by atoms with Crippen molar-refractivity contribution in [2.75, 3.05) is 6.61 Å². The normalized spacial score (nSPS) is 11.5. The molecule has 1 heterocycles. The number of aromatic nitrogens is 1. The molecule has 0 aliphatic rings. The summed E-state index contributed by atoms with van der Waals surface area (Å²) >= 11 is 0. The summed E-state index contributed by atoms with van der Waals surface area (Å²) in [7, 11) is -1.52. The Morgan fingerprint density at radius 1 is 0.862 bits per heavy atom. The van der Waals surface area contributed by atoms with Crippen molar-refractivity contribution in [1.82, 2.24) is 4.57 Å². The third-order valence-corrected chi connectivity index (χ3v) is 8.24. The van der Waals surface area contributed by atoms with Crippen LogP contribution in [0.15, 0.2) is 84.9 Å². The maximum Gasteiger partial charge on any atom is 0.355 e. The summed E-state index contributed by atoms with van der Waals surface area (Å²) in [5, 5.41) is 2.71. The van der Waals surface area contributed by atoms with E-state index < -0.39 is 13.1 Å². The molecule has 4 aromatic rings. The molecular weight excluding hydrogens is 381 g/mol. The van der Waals surface area contributed by atoms with Gasteiger partial charge in [-0.25, -0.2) is 4.79 Å². The van der Waals surface area contributed by atoms with Gasteiger partial charge in [-0.3, -0.25) is 0 Å². The highest BCUT2D eigenvalue weighted by Crippen LogP contribution is 2.46. The van der Waals surface area contributed by atoms with Gasteiger partial charge in [0.05, 0.1) is 11.9 Å².